The zero-order valence-electron chi connectivity index (χ0n) is 12.8. The minimum atomic E-state index is -0.147. The lowest BCUT2D eigenvalue weighted by Gasteiger charge is -2.04. The molecule has 1 N–H and O–H groups in total. The molecule has 0 aliphatic rings. The van der Waals surface area contributed by atoms with E-state index in [-0.39, 0.29) is 12.5 Å². The summed E-state index contributed by atoms with van der Waals surface area (Å²) in [6.45, 7) is 0.139. The van der Waals surface area contributed by atoms with Crippen LogP contribution in [-0.2, 0) is 6.61 Å². The Bertz CT molecular complexity index is 829. The number of amides is 1. The lowest BCUT2D eigenvalue weighted by Crippen LogP contribution is -2.17. The van der Waals surface area contributed by atoms with Crippen molar-refractivity contribution in [2.75, 3.05) is 7.05 Å². The van der Waals surface area contributed by atoms with Crippen LogP contribution in [0.15, 0.2) is 53.1 Å². The summed E-state index contributed by atoms with van der Waals surface area (Å²) in [5.74, 6) is 1.29. The van der Waals surface area contributed by atoms with Crippen molar-refractivity contribution in [3.63, 3.8) is 0 Å². The fourth-order valence-corrected chi connectivity index (χ4v) is 2.15. The van der Waals surface area contributed by atoms with Crippen LogP contribution in [0.2, 0.25) is 5.02 Å². The topological polar surface area (TPSA) is 77.2 Å². The molecule has 0 fully saturated rings. The van der Waals surface area contributed by atoms with Gasteiger partial charge in [-0.1, -0.05) is 16.8 Å². The highest BCUT2D eigenvalue weighted by Gasteiger charge is 2.09. The Morgan fingerprint density at radius 3 is 2.54 bits per heavy atom. The molecule has 3 rings (SSSR count). The van der Waals surface area contributed by atoms with Crippen molar-refractivity contribution in [3.8, 4) is 17.1 Å². The summed E-state index contributed by atoms with van der Waals surface area (Å²) in [6.07, 6.45) is 0. The summed E-state index contributed by atoms with van der Waals surface area (Å²) >= 11 is 5.85. The second kappa shape index (κ2) is 7.14. The predicted octanol–water partition coefficient (Wildman–Crippen LogP) is 3.33. The van der Waals surface area contributed by atoms with E-state index < -0.39 is 0 Å². The molecule has 0 bridgehead atoms. The molecule has 0 unspecified atom stereocenters. The highest BCUT2D eigenvalue weighted by Crippen LogP contribution is 2.19. The smallest absolute Gasteiger partial charge is 0.264 e. The Morgan fingerprint density at radius 2 is 1.88 bits per heavy atom. The number of nitrogens with zero attached hydrogens (tertiary/aromatic N) is 2. The van der Waals surface area contributed by atoms with E-state index in [1.807, 2.05) is 12.1 Å². The molecule has 1 amide bonds. The van der Waals surface area contributed by atoms with Gasteiger partial charge in [-0.05, 0) is 48.5 Å². The highest BCUT2D eigenvalue weighted by atomic mass is 35.5. The fourth-order valence-electron chi connectivity index (χ4n) is 2.02. The third-order valence-electron chi connectivity index (χ3n) is 3.28. The first-order chi connectivity index (χ1) is 11.7. The molecule has 24 heavy (non-hydrogen) atoms. The predicted molar refractivity (Wildman–Crippen MR) is 88.9 cm³/mol. The molecule has 6 nitrogen and oxygen atoms in total. The Morgan fingerprint density at radius 1 is 1.17 bits per heavy atom. The van der Waals surface area contributed by atoms with Crippen LogP contribution >= 0.6 is 11.6 Å². The van der Waals surface area contributed by atoms with Crippen molar-refractivity contribution in [2.45, 2.75) is 6.61 Å². The fraction of sp³-hybridized carbons (Fsp3) is 0.118. The van der Waals surface area contributed by atoms with Crippen LogP contribution in [0.1, 0.15) is 16.2 Å². The summed E-state index contributed by atoms with van der Waals surface area (Å²) in [7, 11) is 1.58. The first-order valence-electron chi connectivity index (χ1n) is 7.19. The van der Waals surface area contributed by atoms with Gasteiger partial charge in [-0.3, -0.25) is 4.79 Å². The van der Waals surface area contributed by atoms with Crippen LogP contribution in [0, 0.1) is 0 Å². The number of hydrogen-bond acceptors (Lipinski definition) is 5. The van der Waals surface area contributed by atoms with Gasteiger partial charge in [0.1, 0.15) is 5.75 Å². The Labute approximate surface area is 143 Å². The second-order valence-corrected chi connectivity index (χ2v) is 5.35. The first-order valence-corrected chi connectivity index (χ1v) is 7.57. The summed E-state index contributed by atoms with van der Waals surface area (Å²) in [5, 5.41) is 7.12. The molecule has 0 saturated carbocycles. The number of carbonyl (C=O) groups excluding carboxylic acids is 1. The number of rotatable bonds is 5. The molecule has 1 heterocycles. The zero-order chi connectivity index (χ0) is 16.9. The number of hydrogen-bond donors (Lipinski definition) is 1. The summed E-state index contributed by atoms with van der Waals surface area (Å²) in [5.41, 5.74) is 1.37. The van der Waals surface area contributed by atoms with Crippen molar-refractivity contribution in [2.24, 2.45) is 0 Å². The maximum absolute atomic E-state index is 11.5. The van der Waals surface area contributed by atoms with Gasteiger partial charge >= 0.3 is 0 Å². The van der Waals surface area contributed by atoms with Gasteiger partial charge in [0.25, 0.3) is 11.8 Å². The highest BCUT2D eigenvalue weighted by molar-refractivity contribution is 6.30. The van der Waals surface area contributed by atoms with E-state index in [4.69, 9.17) is 20.9 Å². The molecule has 0 atom stereocenters. The number of ether oxygens (including phenoxy) is 1. The van der Waals surface area contributed by atoms with Crippen molar-refractivity contribution in [1.29, 1.82) is 0 Å². The van der Waals surface area contributed by atoms with Gasteiger partial charge in [0.2, 0.25) is 5.82 Å². The van der Waals surface area contributed by atoms with E-state index in [9.17, 15) is 4.79 Å². The average Bonchev–Trinajstić information content (AvgIpc) is 3.09. The molecular weight excluding hydrogens is 330 g/mol. The van der Waals surface area contributed by atoms with Crippen molar-refractivity contribution < 1.29 is 14.1 Å². The molecule has 1 aromatic heterocycles. The van der Waals surface area contributed by atoms with Gasteiger partial charge in [0.15, 0.2) is 6.61 Å². The second-order valence-electron chi connectivity index (χ2n) is 4.91. The van der Waals surface area contributed by atoms with Gasteiger partial charge < -0.3 is 14.6 Å². The normalized spacial score (nSPS) is 10.4. The van der Waals surface area contributed by atoms with Gasteiger partial charge in [0, 0.05) is 23.2 Å². The maximum atomic E-state index is 11.5. The summed E-state index contributed by atoms with van der Waals surface area (Å²) in [6, 6.07) is 13.9. The standard InChI is InChI=1S/C17H14ClN3O3/c1-19-17(22)12-4-8-14(9-5-12)23-10-15-20-16(21-24-15)11-2-6-13(18)7-3-11/h2-9H,10H2,1H3,(H,19,22). The number of nitrogens with one attached hydrogen (secondary N) is 1. The van der Waals surface area contributed by atoms with Crippen molar-refractivity contribution in [1.82, 2.24) is 15.5 Å². The molecule has 0 aliphatic heterocycles. The third-order valence-corrected chi connectivity index (χ3v) is 3.53. The lowest BCUT2D eigenvalue weighted by atomic mass is 10.2. The van der Waals surface area contributed by atoms with Crippen LogP contribution < -0.4 is 10.1 Å². The summed E-state index contributed by atoms with van der Waals surface area (Å²) in [4.78, 5) is 15.7. The average molecular weight is 344 g/mol. The van der Waals surface area contributed by atoms with Crippen LogP contribution in [0.5, 0.6) is 5.75 Å². The van der Waals surface area contributed by atoms with E-state index in [1.54, 1.807) is 43.4 Å². The molecule has 2 aromatic carbocycles. The number of aromatic nitrogens is 2. The van der Waals surface area contributed by atoms with Gasteiger partial charge in [-0.2, -0.15) is 4.98 Å². The van der Waals surface area contributed by atoms with E-state index in [1.165, 1.54) is 0 Å². The maximum Gasteiger partial charge on any atom is 0.264 e. The van der Waals surface area contributed by atoms with Gasteiger partial charge in [-0.15, -0.1) is 0 Å². The molecule has 7 heteroatoms. The van der Waals surface area contributed by atoms with E-state index in [0.717, 1.165) is 5.56 Å². The first kappa shape index (κ1) is 16.0. The molecular formula is C17H14ClN3O3. The van der Waals surface area contributed by atoms with E-state index in [2.05, 4.69) is 15.5 Å². The molecule has 0 saturated heterocycles. The molecule has 122 valence electrons. The summed E-state index contributed by atoms with van der Waals surface area (Å²) < 4.78 is 10.7. The number of carbonyl (C=O) groups is 1. The minimum absolute atomic E-state index is 0.139. The Kier molecular flexibility index (Phi) is 4.77. The van der Waals surface area contributed by atoms with Crippen LogP contribution in [-0.4, -0.2) is 23.1 Å². The van der Waals surface area contributed by atoms with Crippen LogP contribution in [0.3, 0.4) is 0 Å². The van der Waals surface area contributed by atoms with Gasteiger partial charge in [0.05, 0.1) is 0 Å². The number of halogens is 1. The van der Waals surface area contributed by atoms with Gasteiger partial charge in [-0.25, -0.2) is 0 Å². The Hall–Kier alpha value is -2.86. The third kappa shape index (κ3) is 3.72. The Balaban J connectivity index is 1.63. The molecule has 0 spiro atoms. The molecule has 0 aliphatic carbocycles. The molecule has 3 aromatic rings. The van der Waals surface area contributed by atoms with E-state index in [0.29, 0.717) is 28.1 Å². The largest absolute Gasteiger partial charge is 0.484 e. The monoisotopic (exact) mass is 343 g/mol. The lowest BCUT2D eigenvalue weighted by molar-refractivity contribution is 0.0963. The zero-order valence-corrected chi connectivity index (χ0v) is 13.6. The SMILES string of the molecule is CNC(=O)c1ccc(OCc2nc(-c3ccc(Cl)cc3)no2)cc1. The van der Waals surface area contributed by atoms with Crippen LogP contribution in [0.4, 0.5) is 0 Å². The van der Waals surface area contributed by atoms with Crippen molar-refractivity contribution >= 4 is 17.5 Å². The van der Waals surface area contributed by atoms with Crippen molar-refractivity contribution in [3.05, 3.63) is 65.0 Å². The quantitative estimate of drug-likeness (QED) is 0.768. The minimum Gasteiger partial charge on any atom is -0.484 e. The van der Waals surface area contributed by atoms with Crippen LogP contribution in [0.25, 0.3) is 11.4 Å². The molecule has 0 radical (unpaired) electrons. The number of benzene rings is 2. The van der Waals surface area contributed by atoms with E-state index >= 15 is 0 Å².